The highest BCUT2D eigenvalue weighted by atomic mass is 16.6. The largest absolute Gasteiger partial charge is 0.376 e. The van der Waals surface area contributed by atoms with E-state index in [2.05, 4.69) is 0 Å². The molecule has 0 radical (unpaired) electrons. The summed E-state index contributed by atoms with van der Waals surface area (Å²) in [6.45, 7) is 7.99. The fourth-order valence-corrected chi connectivity index (χ4v) is 1.48. The molecule has 0 aromatic heterocycles. The van der Waals surface area contributed by atoms with Crippen molar-refractivity contribution in [1.29, 1.82) is 0 Å². The predicted octanol–water partition coefficient (Wildman–Crippen LogP) is 0.239. The van der Waals surface area contributed by atoms with E-state index in [1.165, 1.54) is 0 Å². The van der Waals surface area contributed by atoms with Gasteiger partial charge in [-0.1, -0.05) is 0 Å². The first-order valence-corrected chi connectivity index (χ1v) is 6.92. The Balaban J connectivity index is 1.27. The smallest absolute Gasteiger partial charge is 0.104 e. The van der Waals surface area contributed by atoms with Gasteiger partial charge >= 0.3 is 0 Å². The van der Waals surface area contributed by atoms with E-state index in [-0.39, 0.29) is 6.10 Å². The van der Waals surface area contributed by atoms with Crippen molar-refractivity contribution in [3.05, 3.63) is 0 Å². The first kappa shape index (κ1) is 15.2. The van der Waals surface area contributed by atoms with Crippen molar-refractivity contribution in [2.45, 2.75) is 25.2 Å². The van der Waals surface area contributed by atoms with Gasteiger partial charge in [-0.25, -0.2) is 0 Å². The van der Waals surface area contributed by atoms with E-state index in [0.717, 1.165) is 13.2 Å². The number of hydrogen-bond donors (Lipinski definition) is 0. The van der Waals surface area contributed by atoms with Crippen molar-refractivity contribution in [3.8, 4) is 0 Å². The van der Waals surface area contributed by atoms with Gasteiger partial charge in [-0.15, -0.1) is 0 Å². The van der Waals surface area contributed by atoms with Crippen LogP contribution in [0.3, 0.4) is 0 Å². The second-order valence-corrected chi connectivity index (χ2v) is 4.82. The lowest BCUT2D eigenvalue weighted by Crippen LogP contribution is -2.20. The second-order valence-electron chi connectivity index (χ2n) is 4.82. The van der Waals surface area contributed by atoms with Gasteiger partial charge in [0.1, 0.15) is 12.2 Å². The Bertz CT molecular complexity index is 229. The summed E-state index contributed by atoms with van der Waals surface area (Å²) in [6, 6.07) is 0. The van der Waals surface area contributed by atoms with Crippen molar-refractivity contribution in [2.24, 2.45) is 0 Å². The van der Waals surface area contributed by atoms with Crippen LogP contribution >= 0.6 is 0 Å². The molecule has 0 aliphatic carbocycles. The zero-order valence-corrected chi connectivity index (χ0v) is 11.5. The monoisotopic (exact) mass is 276 g/mol. The van der Waals surface area contributed by atoms with E-state index in [0.29, 0.717) is 58.5 Å². The fourth-order valence-electron chi connectivity index (χ4n) is 1.48. The molecule has 2 saturated heterocycles. The molecule has 0 aromatic rings. The van der Waals surface area contributed by atoms with Gasteiger partial charge in [0.2, 0.25) is 0 Å². The molecule has 0 aromatic carbocycles. The van der Waals surface area contributed by atoms with Crippen LogP contribution in [-0.4, -0.2) is 77.8 Å². The third-order valence-electron chi connectivity index (χ3n) is 2.77. The molecule has 0 spiro atoms. The van der Waals surface area contributed by atoms with Crippen LogP contribution < -0.4 is 0 Å². The SMILES string of the molecule is CC(COCCOCC1CO1)OCCOCC1CO1. The molecule has 2 fully saturated rings. The van der Waals surface area contributed by atoms with Crippen LogP contribution in [0.25, 0.3) is 0 Å². The van der Waals surface area contributed by atoms with Gasteiger partial charge in [0.05, 0.1) is 65.6 Å². The lowest BCUT2D eigenvalue weighted by atomic mass is 10.4. The normalized spacial score (nSPS) is 26.4. The highest BCUT2D eigenvalue weighted by Gasteiger charge is 2.22. The molecular formula is C13H24O6. The summed E-state index contributed by atoms with van der Waals surface area (Å²) in [7, 11) is 0. The van der Waals surface area contributed by atoms with Crippen LogP contribution in [-0.2, 0) is 28.4 Å². The molecule has 19 heavy (non-hydrogen) atoms. The average Bonchev–Trinajstić information content (AvgIpc) is 3.26. The van der Waals surface area contributed by atoms with Gasteiger partial charge < -0.3 is 28.4 Å². The van der Waals surface area contributed by atoms with Gasteiger partial charge in [-0.05, 0) is 6.92 Å². The number of hydrogen-bond acceptors (Lipinski definition) is 6. The molecule has 0 N–H and O–H groups in total. The first-order chi connectivity index (χ1) is 9.34. The standard InChI is InChI=1S/C13H24O6/c1-11(17-5-4-16-8-13-10-19-13)6-14-2-3-15-7-12-9-18-12/h11-13H,2-10H2,1H3. The summed E-state index contributed by atoms with van der Waals surface area (Å²) in [4.78, 5) is 0. The summed E-state index contributed by atoms with van der Waals surface area (Å²) in [5, 5.41) is 0. The summed E-state index contributed by atoms with van der Waals surface area (Å²) in [5.41, 5.74) is 0. The van der Waals surface area contributed by atoms with E-state index in [1.807, 2.05) is 6.92 Å². The van der Waals surface area contributed by atoms with E-state index < -0.39 is 0 Å². The van der Waals surface area contributed by atoms with Crippen molar-refractivity contribution in [1.82, 2.24) is 0 Å². The van der Waals surface area contributed by atoms with Crippen LogP contribution in [0, 0.1) is 0 Å². The lowest BCUT2D eigenvalue weighted by Gasteiger charge is -2.13. The van der Waals surface area contributed by atoms with Gasteiger partial charge in [-0.3, -0.25) is 0 Å². The Hall–Kier alpha value is -0.240. The van der Waals surface area contributed by atoms with Gasteiger partial charge in [0.15, 0.2) is 0 Å². The Morgan fingerprint density at radius 1 is 0.895 bits per heavy atom. The molecule has 0 bridgehead atoms. The van der Waals surface area contributed by atoms with Crippen molar-refractivity contribution in [2.75, 3.05) is 59.5 Å². The van der Waals surface area contributed by atoms with Crippen LogP contribution in [0.2, 0.25) is 0 Å². The second kappa shape index (κ2) is 8.84. The molecule has 2 aliphatic heterocycles. The molecule has 2 aliphatic rings. The summed E-state index contributed by atoms with van der Waals surface area (Å²) < 4.78 is 31.8. The highest BCUT2D eigenvalue weighted by molar-refractivity contribution is 4.67. The first-order valence-electron chi connectivity index (χ1n) is 6.92. The van der Waals surface area contributed by atoms with E-state index in [4.69, 9.17) is 28.4 Å². The number of rotatable bonds is 13. The zero-order valence-electron chi connectivity index (χ0n) is 11.5. The fraction of sp³-hybridized carbons (Fsp3) is 1.00. The zero-order chi connectivity index (χ0) is 13.3. The maximum absolute atomic E-state index is 5.55. The Kier molecular flexibility index (Phi) is 7.05. The van der Waals surface area contributed by atoms with Crippen molar-refractivity contribution < 1.29 is 28.4 Å². The molecule has 0 amide bonds. The van der Waals surface area contributed by atoms with E-state index in [9.17, 15) is 0 Å². The predicted molar refractivity (Wildman–Crippen MR) is 67.4 cm³/mol. The van der Waals surface area contributed by atoms with Crippen LogP contribution in [0.1, 0.15) is 6.92 Å². The molecule has 3 unspecified atom stereocenters. The molecule has 3 atom stereocenters. The topological polar surface area (TPSA) is 62.0 Å². The van der Waals surface area contributed by atoms with Crippen LogP contribution in [0.4, 0.5) is 0 Å². The van der Waals surface area contributed by atoms with Crippen LogP contribution in [0.5, 0.6) is 0 Å². The minimum Gasteiger partial charge on any atom is -0.376 e. The molecule has 112 valence electrons. The van der Waals surface area contributed by atoms with E-state index >= 15 is 0 Å². The molecule has 6 heteroatoms. The van der Waals surface area contributed by atoms with Gasteiger partial charge in [-0.2, -0.15) is 0 Å². The quantitative estimate of drug-likeness (QED) is 0.355. The lowest BCUT2D eigenvalue weighted by molar-refractivity contribution is -0.0413. The van der Waals surface area contributed by atoms with Crippen molar-refractivity contribution in [3.63, 3.8) is 0 Å². The van der Waals surface area contributed by atoms with E-state index in [1.54, 1.807) is 0 Å². The summed E-state index contributed by atoms with van der Waals surface area (Å²) in [6.07, 6.45) is 0.720. The Morgan fingerprint density at radius 2 is 1.42 bits per heavy atom. The molecular weight excluding hydrogens is 252 g/mol. The minimum atomic E-state index is 0.0764. The number of ether oxygens (including phenoxy) is 6. The molecule has 6 nitrogen and oxygen atoms in total. The molecule has 2 rings (SSSR count). The Labute approximate surface area is 114 Å². The number of epoxide rings is 2. The molecule has 2 heterocycles. The molecule has 0 saturated carbocycles. The van der Waals surface area contributed by atoms with Gasteiger partial charge in [0, 0.05) is 0 Å². The van der Waals surface area contributed by atoms with Crippen molar-refractivity contribution >= 4 is 0 Å². The summed E-state index contributed by atoms with van der Waals surface area (Å²) >= 11 is 0. The highest BCUT2D eigenvalue weighted by Crippen LogP contribution is 2.08. The maximum Gasteiger partial charge on any atom is 0.104 e. The summed E-state index contributed by atoms with van der Waals surface area (Å²) in [5.74, 6) is 0. The third kappa shape index (κ3) is 8.52. The average molecular weight is 276 g/mol. The Morgan fingerprint density at radius 3 is 2.00 bits per heavy atom. The van der Waals surface area contributed by atoms with Gasteiger partial charge in [0.25, 0.3) is 0 Å². The third-order valence-corrected chi connectivity index (χ3v) is 2.77. The maximum atomic E-state index is 5.55. The van der Waals surface area contributed by atoms with Crippen LogP contribution in [0.15, 0.2) is 0 Å². The minimum absolute atomic E-state index is 0.0764.